The Bertz CT molecular complexity index is 1470. The average molecular weight is 487 g/mol. The van der Waals surface area contributed by atoms with Crippen molar-refractivity contribution in [2.24, 2.45) is 5.73 Å². The quantitative estimate of drug-likeness (QED) is 0.432. The number of anilines is 1. The van der Waals surface area contributed by atoms with E-state index in [0.29, 0.717) is 24.4 Å². The van der Waals surface area contributed by atoms with Crippen molar-refractivity contribution in [2.45, 2.75) is 65.0 Å². The van der Waals surface area contributed by atoms with Gasteiger partial charge < -0.3 is 15.6 Å². The number of aromatic amines is 1. The van der Waals surface area contributed by atoms with Gasteiger partial charge in [-0.2, -0.15) is 5.10 Å². The molecule has 2 fully saturated rings. The number of rotatable bonds is 6. The number of pyridine rings is 2. The first kappa shape index (κ1) is 23.0. The number of carbonyl (C=O) groups excluding carboxylic acids is 1. The van der Waals surface area contributed by atoms with Crippen molar-refractivity contribution in [3.63, 3.8) is 0 Å². The molecule has 0 aromatic carbocycles. The number of nitrogens with zero attached hydrogens (tertiary/aromatic N) is 6. The molecule has 0 spiro atoms. The van der Waals surface area contributed by atoms with Crippen LogP contribution in [0.2, 0.25) is 0 Å². The highest BCUT2D eigenvalue weighted by molar-refractivity contribution is 5.90. The van der Waals surface area contributed by atoms with Gasteiger partial charge in [-0.15, -0.1) is 0 Å². The SMILES string of the molecule is Cc1c(-c2[nH]c3ccc(N4C[C@@H]5C[C@H]4CCN5CCC(N)=O)nc3c2C(C)C)cn2ncnc2c1C. The predicted molar refractivity (Wildman–Crippen MR) is 141 cm³/mol. The zero-order valence-corrected chi connectivity index (χ0v) is 21.5. The molecule has 2 bridgehead atoms. The molecular formula is C27H34N8O. The summed E-state index contributed by atoms with van der Waals surface area (Å²) in [6.07, 6.45) is 6.31. The number of nitrogens with two attached hydrogens (primary N) is 1. The lowest BCUT2D eigenvalue weighted by atomic mass is 9.95. The van der Waals surface area contributed by atoms with Crippen molar-refractivity contribution in [2.75, 3.05) is 24.5 Å². The second kappa shape index (κ2) is 8.58. The number of aryl methyl sites for hydroxylation is 1. The Morgan fingerprint density at radius 2 is 2.06 bits per heavy atom. The van der Waals surface area contributed by atoms with Crippen molar-refractivity contribution in [1.82, 2.24) is 29.5 Å². The molecule has 188 valence electrons. The summed E-state index contributed by atoms with van der Waals surface area (Å²) in [5.41, 5.74) is 14.2. The normalized spacial score (nSPS) is 20.3. The van der Waals surface area contributed by atoms with E-state index < -0.39 is 0 Å². The number of H-pyrrole nitrogens is 1. The second-order valence-corrected chi connectivity index (χ2v) is 10.7. The highest BCUT2D eigenvalue weighted by atomic mass is 16.1. The Labute approximate surface area is 210 Å². The van der Waals surface area contributed by atoms with Gasteiger partial charge in [-0.3, -0.25) is 9.69 Å². The summed E-state index contributed by atoms with van der Waals surface area (Å²) in [4.78, 5) is 29.6. The van der Waals surface area contributed by atoms with E-state index in [4.69, 9.17) is 10.7 Å². The average Bonchev–Trinajstić information content (AvgIpc) is 3.55. The monoisotopic (exact) mass is 486 g/mol. The standard InChI is InChI=1S/C27H34N8O/c1-15(2)24-25(20-13-35-27(29-14-30-35)17(4)16(20)3)31-21-5-6-23(32-26(21)24)34-12-19-11-18(34)7-9-33(19)10-8-22(28)36/h5-6,13-15,18-19,31H,7-12H2,1-4H3,(H2,28,36)/t18-,19+/m1/s1. The van der Waals surface area contributed by atoms with Gasteiger partial charge in [0.25, 0.3) is 0 Å². The van der Waals surface area contributed by atoms with Gasteiger partial charge in [0.15, 0.2) is 5.65 Å². The highest BCUT2D eigenvalue weighted by Gasteiger charge is 2.40. The Kier molecular flexibility index (Phi) is 5.48. The zero-order valence-electron chi connectivity index (χ0n) is 21.5. The smallest absolute Gasteiger partial charge is 0.218 e. The molecule has 2 saturated heterocycles. The Hall–Kier alpha value is -3.46. The lowest BCUT2D eigenvalue weighted by Crippen LogP contribution is -2.41. The van der Waals surface area contributed by atoms with Crippen molar-refractivity contribution < 1.29 is 4.79 Å². The van der Waals surface area contributed by atoms with E-state index in [1.807, 2.05) is 4.52 Å². The van der Waals surface area contributed by atoms with Gasteiger partial charge in [0.05, 0.1) is 16.7 Å². The number of likely N-dealkylation sites (tertiary alicyclic amines) is 1. The van der Waals surface area contributed by atoms with Crippen LogP contribution in [-0.4, -0.2) is 67.1 Å². The Morgan fingerprint density at radius 3 is 2.83 bits per heavy atom. The van der Waals surface area contributed by atoms with Crippen LogP contribution in [0.5, 0.6) is 0 Å². The number of amides is 1. The summed E-state index contributed by atoms with van der Waals surface area (Å²) in [6, 6.07) is 5.27. The van der Waals surface area contributed by atoms with E-state index in [9.17, 15) is 4.79 Å². The molecule has 0 aliphatic carbocycles. The number of carbonyl (C=O) groups is 1. The van der Waals surface area contributed by atoms with Crippen LogP contribution in [0, 0.1) is 13.8 Å². The fraction of sp³-hybridized carbons (Fsp3) is 0.481. The minimum absolute atomic E-state index is 0.225. The van der Waals surface area contributed by atoms with Gasteiger partial charge in [0, 0.05) is 55.5 Å². The van der Waals surface area contributed by atoms with E-state index in [0.717, 1.165) is 71.8 Å². The van der Waals surface area contributed by atoms with E-state index in [1.54, 1.807) is 6.33 Å². The molecule has 1 amide bonds. The number of hydrogen-bond acceptors (Lipinski definition) is 6. The summed E-state index contributed by atoms with van der Waals surface area (Å²) in [6.45, 7) is 11.4. The third-order valence-corrected chi connectivity index (χ3v) is 8.24. The topological polar surface area (TPSA) is 108 Å². The lowest BCUT2D eigenvalue weighted by molar-refractivity contribution is -0.118. The summed E-state index contributed by atoms with van der Waals surface area (Å²) < 4.78 is 1.86. The van der Waals surface area contributed by atoms with Crippen LogP contribution in [-0.2, 0) is 4.79 Å². The maximum Gasteiger partial charge on any atom is 0.218 e. The summed E-state index contributed by atoms with van der Waals surface area (Å²) >= 11 is 0. The molecule has 4 aromatic rings. The van der Waals surface area contributed by atoms with Crippen LogP contribution in [0.4, 0.5) is 5.82 Å². The molecule has 2 atom stereocenters. The molecule has 0 radical (unpaired) electrons. The molecule has 2 aliphatic heterocycles. The fourth-order valence-corrected chi connectivity index (χ4v) is 6.22. The van der Waals surface area contributed by atoms with E-state index in [1.165, 1.54) is 11.1 Å². The van der Waals surface area contributed by atoms with Crippen LogP contribution >= 0.6 is 0 Å². The van der Waals surface area contributed by atoms with Gasteiger partial charge in [-0.25, -0.2) is 14.5 Å². The molecule has 9 nitrogen and oxygen atoms in total. The molecule has 0 saturated carbocycles. The van der Waals surface area contributed by atoms with Crippen molar-refractivity contribution in [1.29, 1.82) is 0 Å². The van der Waals surface area contributed by atoms with E-state index >= 15 is 0 Å². The van der Waals surface area contributed by atoms with Gasteiger partial charge in [-0.05, 0) is 55.9 Å². The number of nitrogens with one attached hydrogen (secondary N) is 1. The predicted octanol–water partition coefficient (Wildman–Crippen LogP) is 3.54. The minimum Gasteiger partial charge on any atom is -0.370 e. The first-order valence-corrected chi connectivity index (χ1v) is 12.9. The molecule has 6 rings (SSSR count). The van der Waals surface area contributed by atoms with Crippen LogP contribution in [0.1, 0.15) is 55.7 Å². The van der Waals surface area contributed by atoms with Crippen LogP contribution in [0.25, 0.3) is 27.9 Å². The van der Waals surface area contributed by atoms with Gasteiger partial charge in [0.2, 0.25) is 5.91 Å². The van der Waals surface area contributed by atoms with Gasteiger partial charge >= 0.3 is 0 Å². The summed E-state index contributed by atoms with van der Waals surface area (Å²) in [5, 5.41) is 4.40. The summed E-state index contributed by atoms with van der Waals surface area (Å²) in [5.74, 6) is 1.11. The van der Waals surface area contributed by atoms with Gasteiger partial charge in [0.1, 0.15) is 12.1 Å². The molecule has 9 heteroatoms. The van der Waals surface area contributed by atoms with E-state index in [2.05, 4.69) is 70.9 Å². The molecule has 3 N–H and O–H groups in total. The molecular weight excluding hydrogens is 452 g/mol. The number of fused-ring (bicyclic) bond motifs is 4. The zero-order chi connectivity index (χ0) is 25.1. The lowest BCUT2D eigenvalue weighted by Gasteiger charge is -2.32. The molecule has 4 aromatic heterocycles. The molecule has 0 unspecified atom stereocenters. The second-order valence-electron chi connectivity index (χ2n) is 10.7. The first-order chi connectivity index (χ1) is 17.3. The Balaban J connectivity index is 1.39. The number of piperidine rings is 1. The minimum atomic E-state index is -0.225. The molecule has 36 heavy (non-hydrogen) atoms. The molecule has 6 heterocycles. The maximum absolute atomic E-state index is 11.3. The number of primary amides is 1. The summed E-state index contributed by atoms with van der Waals surface area (Å²) in [7, 11) is 0. The fourth-order valence-electron chi connectivity index (χ4n) is 6.22. The maximum atomic E-state index is 11.3. The molecule has 2 aliphatic rings. The van der Waals surface area contributed by atoms with E-state index in [-0.39, 0.29) is 5.91 Å². The highest BCUT2D eigenvalue weighted by Crippen LogP contribution is 2.39. The van der Waals surface area contributed by atoms with Crippen LogP contribution in [0.3, 0.4) is 0 Å². The third-order valence-electron chi connectivity index (χ3n) is 8.24. The third kappa shape index (κ3) is 3.64. The van der Waals surface area contributed by atoms with Crippen LogP contribution in [0.15, 0.2) is 24.7 Å². The van der Waals surface area contributed by atoms with Crippen molar-refractivity contribution in [3.8, 4) is 11.3 Å². The van der Waals surface area contributed by atoms with Crippen molar-refractivity contribution >= 4 is 28.4 Å². The largest absolute Gasteiger partial charge is 0.370 e. The first-order valence-electron chi connectivity index (χ1n) is 12.9. The number of hydrogen-bond donors (Lipinski definition) is 2. The Morgan fingerprint density at radius 1 is 1.22 bits per heavy atom. The van der Waals surface area contributed by atoms with Gasteiger partial charge in [-0.1, -0.05) is 13.8 Å². The van der Waals surface area contributed by atoms with Crippen molar-refractivity contribution in [3.05, 3.63) is 41.3 Å². The number of aromatic nitrogens is 5. The van der Waals surface area contributed by atoms with Crippen LogP contribution < -0.4 is 10.6 Å².